The van der Waals surface area contributed by atoms with Crippen molar-refractivity contribution in [3.05, 3.63) is 54.4 Å². The van der Waals surface area contributed by atoms with Crippen molar-refractivity contribution in [2.75, 3.05) is 31.1 Å². The summed E-state index contributed by atoms with van der Waals surface area (Å²) in [7, 11) is 0. The van der Waals surface area contributed by atoms with Crippen LogP contribution in [0.2, 0.25) is 0 Å². The van der Waals surface area contributed by atoms with Gasteiger partial charge in [0.25, 0.3) is 0 Å². The maximum Gasteiger partial charge on any atom is 0.344 e. The van der Waals surface area contributed by atoms with Crippen LogP contribution in [0.1, 0.15) is 12.5 Å². The van der Waals surface area contributed by atoms with E-state index in [1.165, 1.54) is 0 Å². The topological polar surface area (TPSA) is 65.9 Å². The monoisotopic (exact) mass is 341 g/mol. The summed E-state index contributed by atoms with van der Waals surface area (Å²) in [6.45, 7) is 6.07. The maximum atomic E-state index is 11.0. The van der Waals surface area contributed by atoms with Gasteiger partial charge in [0.05, 0.1) is 11.9 Å². The Balaban J connectivity index is 1.60. The predicted octanol–water partition coefficient (Wildman–Crippen LogP) is 2.26. The number of anilines is 1. The lowest BCUT2D eigenvalue weighted by molar-refractivity contribution is -0.144. The summed E-state index contributed by atoms with van der Waals surface area (Å²) in [5.41, 5.74) is 2.17. The van der Waals surface area contributed by atoms with Gasteiger partial charge in [-0.25, -0.2) is 4.79 Å². The molecule has 1 atom stereocenters. The quantitative estimate of drug-likeness (QED) is 0.869. The molecule has 6 nitrogen and oxygen atoms in total. The number of aromatic nitrogens is 1. The summed E-state index contributed by atoms with van der Waals surface area (Å²) in [6.07, 6.45) is 2.82. The first-order valence-corrected chi connectivity index (χ1v) is 8.48. The highest BCUT2D eigenvalue weighted by Crippen LogP contribution is 2.22. The lowest BCUT2D eigenvalue weighted by atomic mass is 10.1. The Morgan fingerprint density at radius 2 is 1.96 bits per heavy atom. The van der Waals surface area contributed by atoms with Crippen LogP contribution in [0.4, 0.5) is 5.69 Å². The van der Waals surface area contributed by atoms with Gasteiger partial charge in [0.2, 0.25) is 0 Å². The Labute approximate surface area is 147 Å². The SMILES string of the molecule is C[C@@H](Oc1ccccc1CN1CCN(c2cccnc2)CC1)C(=O)O. The Kier molecular flexibility index (Phi) is 5.50. The number of ether oxygens (including phenoxy) is 1. The normalized spacial score (nSPS) is 16.4. The zero-order valence-electron chi connectivity index (χ0n) is 14.3. The van der Waals surface area contributed by atoms with E-state index in [1.807, 2.05) is 36.5 Å². The Hall–Kier alpha value is -2.60. The molecule has 1 aliphatic heterocycles. The summed E-state index contributed by atoms with van der Waals surface area (Å²) in [5, 5.41) is 9.05. The van der Waals surface area contributed by atoms with Crippen molar-refractivity contribution in [1.82, 2.24) is 9.88 Å². The number of hydrogen-bond acceptors (Lipinski definition) is 5. The predicted molar refractivity (Wildman–Crippen MR) is 95.9 cm³/mol. The fourth-order valence-corrected chi connectivity index (χ4v) is 2.94. The first-order valence-electron chi connectivity index (χ1n) is 8.48. The highest BCUT2D eigenvalue weighted by molar-refractivity contribution is 5.72. The van der Waals surface area contributed by atoms with E-state index < -0.39 is 12.1 Å². The second-order valence-electron chi connectivity index (χ2n) is 6.18. The third-order valence-electron chi connectivity index (χ3n) is 4.40. The van der Waals surface area contributed by atoms with Crippen LogP contribution in [-0.4, -0.2) is 53.2 Å². The lowest BCUT2D eigenvalue weighted by Crippen LogP contribution is -2.46. The van der Waals surface area contributed by atoms with Gasteiger partial charge in [-0.05, 0) is 25.1 Å². The average molecular weight is 341 g/mol. The number of carboxylic acid groups (broad SMARTS) is 1. The van der Waals surface area contributed by atoms with Crippen molar-refractivity contribution in [2.24, 2.45) is 0 Å². The first kappa shape index (κ1) is 17.2. The molecule has 6 heteroatoms. The van der Waals surface area contributed by atoms with E-state index in [9.17, 15) is 4.79 Å². The summed E-state index contributed by atoms with van der Waals surface area (Å²) >= 11 is 0. The van der Waals surface area contributed by atoms with Crippen LogP contribution in [0.3, 0.4) is 0 Å². The molecule has 1 aromatic heterocycles. The molecule has 1 fully saturated rings. The minimum Gasteiger partial charge on any atom is -0.479 e. The number of carboxylic acids is 1. The minimum atomic E-state index is -0.958. The molecule has 0 radical (unpaired) electrons. The van der Waals surface area contributed by atoms with Gasteiger partial charge in [-0.3, -0.25) is 9.88 Å². The van der Waals surface area contributed by atoms with Crippen LogP contribution in [0.5, 0.6) is 5.75 Å². The van der Waals surface area contributed by atoms with Crippen LogP contribution in [0.15, 0.2) is 48.8 Å². The fraction of sp³-hybridized carbons (Fsp3) is 0.368. The van der Waals surface area contributed by atoms with Crippen molar-refractivity contribution in [1.29, 1.82) is 0 Å². The molecule has 25 heavy (non-hydrogen) atoms. The number of piperazine rings is 1. The number of aliphatic carboxylic acids is 1. The zero-order chi connectivity index (χ0) is 17.6. The molecule has 1 aliphatic rings. The van der Waals surface area contributed by atoms with Crippen LogP contribution in [0.25, 0.3) is 0 Å². The third kappa shape index (κ3) is 4.48. The first-order chi connectivity index (χ1) is 12.1. The standard InChI is InChI=1S/C19H23N3O3/c1-15(19(23)24)25-18-7-3-2-5-16(18)14-21-9-11-22(12-10-21)17-6-4-8-20-13-17/h2-8,13,15H,9-12,14H2,1H3,(H,23,24)/t15-/m1/s1. The van der Waals surface area contributed by atoms with Crippen molar-refractivity contribution in [3.8, 4) is 5.75 Å². The molecule has 2 aromatic rings. The Bertz CT molecular complexity index is 700. The van der Waals surface area contributed by atoms with Crippen molar-refractivity contribution in [3.63, 3.8) is 0 Å². The molecule has 0 aliphatic carbocycles. The van der Waals surface area contributed by atoms with Crippen molar-refractivity contribution < 1.29 is 14.6 Å². The zero-order valence-corrected chi connectivity index (χ0v) is 14.3. The minimum absolute atomic E-state index is 0.645. The third-order valence-corrected chi connectivity index (χ3v) is 4.40. The molecular weight excluding hydrogens is 318 g/mol. The second kappa shape index (κ2) is 7.98. The lowest BCUT2D eigenvalue weighted by Gasteiger charge is -2.36. The summed E-state index contributed by atoms with van der Waals surface area (Å²) in [5.74, 6) is -0.313. The fourth-order valence-electron chi connectivity index (χ4n) is 2.94. The highest BCUT2D eigenvalue weighted by Gasteiger charge is 2.20. The molecule has 2 heterocycles. The number of nitrogens with zero attached hydrogens (tertiary/aromatic N) is 3. The number of carbonyl (C=O) groups is 1. The van der Waals surface area contributed by atoms with E-state index in [-0.39, 0.29) is 0 Å². The number of hydrogen-bond donors (Lipinski definition) is 1. The maximum absolute atomic E-state index is 11.0. The summed E-state index contributed by atoms with van der Waals surface area (Å²) in [4.78, 5) is 19.9. The Morgan fingerprint density at radius 1 is 1.20 bits per heavy atom. The van der Waals surface area contributed by atoms with Gasteiger partial charge in [-0.15, -0.1) is 0 Å². The number of para-hydroxylation sites is 1. The molecule has 132 valence electrons. The van der Waals surface area contributed by atoms with Gasteiger partial charge < -0.3 is 14.7 Å². The van der Waals surface area contributed by atoms with Crippen molar-refractivity contribution in [2.45, 2.75) is 19.6 Å². The van der Waals surface area contributed by atoms with E-state index >= 15 is 0 Å². The van der Waals surface area contributed by atoms with E-state index in [0.29, 0.717) is 5.75 Å². The van der Waals surface area contributed by atoms with Crippen molar-refractivity contribution >= 4 is 11.7 Å². The summed E-state index contributed by atoms with van der Waals surface area (Å²) in [6, 6.07) is 11.7. The second-order valence-corrected chi connectivity index (χ2v) is 6.18. The van der Waals surface area contributed by atoms with Crippen LogP contribution in [0, 0.1) is 0 Å². The average Bonchev–Trinajstić information content (AvgIpc) is 2.64. The van der Waals surface area contributed by atoms with Gasteiger partial charge in [-0.2, -0.15) is 0 Å². The number of rotatable bonds is 6. The van der Waals surface area contributed by atoms with E-state index in [1.54, 1.807) is 13.1 Å². The van der Waals surface area contributed by atoms with Crippen LogP contribution < -0.4 is 9.64 Å². The molecule has 0 spiro atoms. The molecule has 1 saturated heterocycles. The molecule has 0 amide bonds. The molecule has 3 rings (SSSR count). The van der Waals surface area contributed by atoms with Gasteiger partial charge in [0, 0.05) is 44.5 Å². The largest absolute Gasteiger partial charge is 0.479 e. The van der Waals surface area contributed by atoms with E-state index in [4.69, 9.17) is 9.84 Å². The highest BCUT2D eigenvalue weighted by atomic mass is 16.5. The number of pyridine rings is 1. The molecular formula is C19H23N3O3. The Morgan fingerprint density at radius 3 is 2.64 bits per heavy atom. The van der Waals surface area contributed by atoms with E-state index in [2.05, 4.69) is 20.9 Å². The summed E-state index contributed by atoms with van der Waals surface area (Å²) < 4.78 is 5.59. The molecule has 0 bridgehead atoms. The molecule has 0 saturated carbocycles. The van der Waals surface area contributed by atoms with Crippen LogP contribution in [-0.2, 0) is 11.3 Å². The van der Waals surface area contributed by atoms with Gasteiger partial charge in [0.15, 0.2) is 6.10 Å². The number of benzene rings is 1. The van der Waals surface area contributed by atoms with E-state index in [0.717, 1.165) is 44.0 Å². The smallest absolute Gasteiger partial charge is 0.344 e. The molecule has 1 aromatic carbocycles. The van der Waals surface area contributed by atoms with Gasteiger partial charge in [-0.1, -0.05) is 18.2 Å². The van der Waals surface area contributed by atoms with Gasteiger partial charge >= 0.3 is 5.97 Å². The molecule has 1 N–H and O–H groups in total. The van der Waals surface area contributed by atoms with Gasteiger partial charge in [0.1, 0.15) is 5.75 Å². The molecule has 0 unspecified atom stereocenters. The van der Waals surface area contributed by atoms with Crippen LogP contribution >= 0.6 is 0 Å².